The fourth-order valence-electron chi connectivity index (χ4n) is 2.27. The lowest BCUT2D eigenvalue weighted by atomic mass is 10.1. The van der Waals surface area contributed by atoms with Crippen molar-refractivity contribution in [3.05, 3.63) is 16.0 Å². The van der Waals surface area contributed by atoms with E-state index in [0.717, 1.165) is 28.4 Å². The van der Waals surface area contributed by atoms with Gasteiger partial charge in [-0.1, -0.05) is 13.8 Å². The van der Waals surface area contributed by atoms with Gasteiger partial charge in [-0.05, 0) is 48.5 Å². The van der Waals surface area contributed by atoms with Gasteiger partial charge in [-0.25, -0.2) is 9.97 Å². The highest BCUT2D eigenvalue weighted by atomic mass is 79.9. The molecule has 1 atom stereocenters. The summed E-state index contributed by atoms with van der Waals surface area (Å²) in [5.74, 6) is 2.64. The van der Waals surface area contributed by atoms with Crippen LogP contribution >= 0.6 is 15.9 Å². The molecule has 5 heteroatoms. The molecule has 1 aliphatic carbocycles. The maximum Gasteiger partial charge on any atom is 0.160 e. The van der Waals surface area contributed by atoms with Crippen molar-refractivity contribution in [2.24, 2.45) is 5.92 Å². The van der Waals surface area contributed by atoms with E-state index < -0.39 is 0 Å². The van der Waals surface area contributed by atoms with Gasteiger partial charge in [0.15, 0.2) is 5.82 Å². The summed E-state index contributed by atoms with van der Waals surface area (Å²) in [7, 11) is 0. The number of ether oxygens (including phenoxy) is 1. The molecule has 0 bridgehead atoms. The maximum absolute atomic E-state index is 5.85. The lowest BCUT2D eigenvalue weighted by molar-refractivity contribution is 0.0231. The van der Waals surface area contributed by atoms with Crippen LogP contribution in [0.2, 0.25) is 0 Å². The Bertz CT molecular complexity index is 461. The highest BCUT2D eigenvalue weighted by Gasteiger charge is 2.31. The molecule has 0 spiro atoms. The summed E-state index contributed by atoms with van der Waals surface area (Å²) in [6.07, 6.45) is 2.41. The molecule has 1 aromatic rings. The van der Waals surface area contributed by atoms with Crippen molar-refractivity contribution in [1.29, 1.82) is 0 Å². The quantitative estimate of drug-likeness (QED) is 0.803. The number of nitrogens with zero attached hydrogens (tertiary/aromatic N) is 2. The summed E-state index contributed by atoms with van der Waals surface area (Å²) in [5, 5.41) is 3.32. The van der Waals surface area contributed by atoms with Gasteiger partial charge in [-0.2, -0.15) is 0 Å². The number of aromatic nitrogens is 2. The number of anilines is 1. The van der Waals surface area contributed by atoms with E-state index in [4.69, 9.17) is 9.72 Å². The van der Waals surface area contributed by atoms with E-state index in [1.807, 2.05) is 6.92 Å². The molecule has 1 unspecified atom stereocenters. The zero-order chi connectivity index (χ0) is 14.7. The van der Waals surface area contributed by atoms with Gasteiger partial charge in [0.2, 0.25) is 0 Å². The predicted octanol–water partition coefficient (Wildman–Crippen LogP) is 4.28. The number of hydrogen-bond donors (Lipinski definition) is 1. The van der Waals surface area contributed by atoms with Gasteiger partial charge in [0.1, 0.15) is 11.9 Å². The molecule has 4 nitrogen and oxygen atoms in total. The highest BCUT2D eigenvalue weighted by Crippen LogP contribution is 2.44. The summed E-state index contributed by atoms with van der Waals surface area (Å²) in [6.45, 7) is 9.91. The average Bonchev–Trinajstić information content (AvgIpc) is 3.23. The van der Waals surface area contributed by atoms with Crippen molar-refractivity contribution in [3.63, 3.8) is 0 Å². The van der Waals surface area contributed by atoms with Crippen LogP contribution in [0.15, 0.2) is 4.47 Å². The maximum atomic E-state index is 5.85. The smallest absolute Gasteiger partial charge is 0.160 e. The third-order valence-corrected chi connectivity index (χ3v) is 4.19. The SMILES string of the molecule is CCNc1nc(C(OCC)C(C)C)nc(C2CC2)c1Br. The second-order valence-electron chi connectivity index (χ2n) is 5.55. The standard InChI is InChI=1S/C15H24BrN3O/c1-5-17-14-11(16)12(10-7-8-10)18-15(19-14)13(9(3)4)20-6-2/h9-10,13H,5-8H2,1-4H3,(H,17,18,19). The number of halogens is 1. The zero-order valence-corrected chi connectivity index (χ0v) is 14.3. The van der Waals surface area contributed by atoms with Gasteiger partial charge < -0.3 is 10.1 Å². The van der Waals surface area contributed by atoms with Crippen molar-refractivity contribution >= 4 is 21.7 Å². The Morgan fingerprint density at radius 3 is 2.50 bits per heavy atom. The van der Waals surface area contributed by atoms with Gasteiger partial charge in [-0.15, -0.1) is 0 Å². The van der Waals surface area contributed by atoms with Crippen molar-refractivity contribution in [2.75, 3.05) is 18.5 Å². The van der Waals surface area contributed by atoms with Crippen LogP contribution in [0.1, 0.15) is 64.1 Å². The molecular formula is C15H24BrN3O. The molecule has 0 saturated heterocycles. The van der Waals surface area contributed by atoms with Gasteiger partial charge in [0, 0.05) is 19.1 Å². The van der Waals surface area contributed by atoms with E-state index in [1.165, 1.54) is 12.8 Å². The van der Waals surface area contributed by atoms with Gasteiger partial charge >= 0.3 is 0 Å². The van der Waals surface area contributed by atoms with E-state index in [1.54, 1.807) is 0 Å². The topological polar surface area (TPSA) is 47.0 Å². The van der Waals surface area contributed by atoms with E-state index in [9.17, 15) is 0 Å². The Hall–Kier alpha value is -0.680. The fourth-order valence-corrected chi connectivity index (χ4v) is 2.91. The Kier molecular flexibility index (Phi) is 5.38. The summed E-state index contributed by atoms with van der Waals surface area (Å²) in [6, 6.07) is 0. The average molecular weight is 342 g/mol. The normalized spacial score (nSPS) is 16.5. The van der Waals surface area contributed by atoms with Crippen molar-refractivity contribution in [2.45, 2.75) is 52.6 Å². The minimum atomic E-state index is -0.0389. The molecule has 0 aliphatic heterocycles. The fraction of sp³-hybridized carbons (Fsp3) is 0.733. The predicted molar refractivity (Wildman–Crippen MR) is 85.1 cm³/mol. The van der Waals surface area contributed by atoms with E-state index in [2.05, 4.69) is 47.0 Å². The second kappa shape index (κ2) is 6.85. The minimum Gasteiger partial charge on any atom is -0.370 e. The zero-order valence-electron chi connectivity index (χ0n) is 12.7. The van der Waals surface area contributed by atoms with Crippen LogP contribution in [0, 0.1) is 5.92 Å². The molecule has 2 rings (SSSR count). The Morgan fingerprint density at radius 2 is 2.00 bits per heavy atom. The highest BCUT2D eigenvalue weighted by molar-refractivity contribution is 9.10. The van der Waals surface area contributed by atoms with Crippen LogP contribution in [0.25, 0.3) is 0 Å². The summed E-state index contributed by atoms with van der Waals surface area (Å²) in [5.41, 5.74) is 1.14. The monoisotopic (exact) mass is 341 g/mol. The molecule has 1 fully saturated rings. The molecule has 0 radical (unpaired) electrons. The first-order valence-corrected chi connectivity index (χ1v) is 8.30. The van der Waals surface area contributed by atoms with Crippen LogP contribution in [0.4, 0.5) is 5.82 Å². The first-order chi connectivity index (χ1) is 9.58. The van der Waals surface area contributed by atoms with E-state index in [-0.39, 0.29) is 6.10 Å². The van der Waals surface area contributed by atoms with Crippen LogP contribution in [0.5, 0.6) is 0 Å². The molecule has 1 aliphatic rings. The Balaban J connectivity index is 2.40. The molecule has 0 aromatic carbocycles. The van der Waals surface area contributed by atoms with Gasteiger partial charge in [-0.3, -0.25) is 0 Å². The lowest BCUT2D eigenvalue weighted by Gasteiger charge is -2.21. The summed E-state index contributed by atoms with van der Waals surface area (Å²) >= 11 is 3.65. The van der Waals surface area contributed by atoms with E-state index in [0.29, 0.717) is 18.4 Å². The molecule has 1 N–H and O–H groups in total. The van der Waals surface area contributed by atoms with Crippen LogP contribution < -0.4 is 5.32 Å². The van der Waals surface area contributed by atoms with Gasteiger partial charge in [0.05, 0.1) is 10.2 Å². The van der Waals surface area contributed by atoms with Gasteiger partial charge in [0.25, 0.3) is 0 Å². The third kappa shape index (κ3) is 3.50. The summed E-state index contributed by atoms with van der Waals surface area (Å²) in [4.78, 5) is 9.47. The second-order valence-corrected chi connectivity index (χ2v) is 6.35. The first kappa shape index (κ1) is 15.7. The molecule has 0 amide bonds. The third-order valence-electron chi connectivity index (χ3n) is 3.41. The molecule has 1 aromatic heterocycles. The van der Waals surface area contributed by atoms with Crippen molar-refractivity contribution < 1.29 is 4.74 Å². The molecule has 20 heavy (non-hydrogen) atoms. The number of rotatable bonds is 7. The molecule has 112 valence electrons. The molecule has 1 heterocycles. The van der Waals surface area contributed by atoms with Crippen LogP contribution in [-0.2, 0) is 4.74 Å². The number of hydrogen-bond acceptors (Lipinski definition) is 4. The van der Waals surface area contributed by atoms with Crippen molar-refractivity contribution in [3.8, 4) is 0 Å². The Labute approximate surface area is 129 Å². The van der Waals surface area contributed by atoms with Crippen LogP contribution in [0.3, 0.4) is 0 Å². The largest absolute Gasteiger partial charge is 0.370 e. The number of nitrogens with one attached hydrogen (secondary N) is 1. The first-order valence-electron chi connectivity index (χ1n) is 7.51. The summed E-state index contributed by atoms with van der Waals surface area (Å²) < 4.78 is 6.87. The minimum absolute atomic E-state index is 0.0389. The molecular weight excluding hydrogens is 318 g/mol. The molecule has 1 saturated carbocycles. The lowest BCUT2D eigenvalue weighted by Crippen LogP contribution is -2.17. The van der Waals surface area contributed by atoms with E-state index >= 15 is 0 Å². The van der Waals surface area contributed by atoms with Crippen LogP contribution in [-0.4, -0.2) is 23.1 Å². The van der Waals surface area contributed by atoms with Crippen molar-refractivity contribution in [1.82, 2.24) is 9.97 Å². The Morgan fingerprint density at radius 1 is 1.30 bits per heavy atom.